The lowest BCUT2D eigenvalue weighted by molar-refractivity contribution is 0.0693. The molecule has 1 heterocycles. The van der Waals surface area contributed by atoms with Crippen molar-refractivity contribution in [2.75, 3.05) is 6.54 Å². The number of carbonyl (C=O) groups is 1. The number of rotatable bonds is 5. The molecule has 3 rings (SSSR count). The van der Waals surface area contributed by atoms with Crippen molar-refractivity contribution in [1.29, 1.82) is 0 Å². The van der Waals surface area contributed by atoms with Gasteiger partial charge in [0.1, 0.15) is 11.0 Å². The second-order valence-electron chi connectivity index (χ2n) is 6.56. The largest absolute Gasteiger partial charge is 0.336 e. The molecule has 1 saturated carbocycles. The van der Waals surface area contributed by atoms with E-state index < -0.39 is 0 Å². The third-order valence-corrected chi connectivity index (χ3v) is 5.28. The number of amides is 1. The molecule has 0 N–H and O–H groups in total. The fourth-order valence-electron chi connectivity index (χ4n) is 3.59. The van der Waals surface area contributed by atoms with Crippen molar-refractivity contribution >= 4 is 17.5 Å². The van der Waals surface area contributed by atoms with E-state index in [1.807, 2.05) is 18.7 Å². The number of aryl methyl sites for hydroxylation is 1. The first-order valence-electron chi connectivity index (χ1n) is 8.79. The highest BCUT2D eigenvalue weighted by molar-refractivity contribution is 6.33. The fraction of sp³-hybridized carbons (Fsp3) is 0.474. The Morgan fingerprint density at radius 1 is 1.32 bits per heavy atom. The number of nitrogens with zero attached hydrogens (tertiary/aromatic N) is 3. The molecule has 1 aliphatic carbocycles. The van der Waals surface area contributed by atoms with Crippen LogP contribution in [0, 0.1) is 12.7 Å². The van der Waals surface area contributed by atoms with E-state index in [2.05, 4.69) is 5.10 Å². The van der Waals surface area contributed by atoms with Gasteiger partial charge in [0, 0.05) is 12.6 Å². The second-order valence-corrected chi connectivity index (χ2v) is 6.92. The van der Waals surface area contributed by atoms with Crippen molar-refractivity contribution in [3.8, 4) is 0 Å². The van der Waals surface area contributed by atoms with E-state index in [0.717, 1.165) is 18.4 Å². The summed E-state index contributed by atoms with van der Waals surface area (Å²) in [6, 6.07) is 6.51. The highest BCUT2D eigenvalue weighted by atomic mass is 35.5. The topological polar surface area (TPSA) is 38.1 Å². The Morgan fingerprint density at radius 2 is 1.96 bits per heavy atom. The van der Waals surface area contributed by atoms with E-state index in [9.17, 15) is 9.18 Å². The molecule has 6 heteroatoms. The van der Waals surface area contributed by atoms with Gasteiger partial charge in [-0.2, -0.15) is 5.10 Å². The summed E-state index contributed by atoms with van der Waals surface area (Å²) in [6.45, 7) is 4.89. The molecule has 1 amide bonds. The van der Waals surface area contributed by atoms with Gasteiger partial charge < -0.3 is 4.90 Å². The van der Waals surface area contributed by atoms with E-state index in [4.69, 9.17) is 11.6 Å². The molecule has 4 nitrogen and oxygen atoms in total. The quantitative estimate of drug-likeness (QED) is 0.787. The molecule has 2 aromatic rings. The number of aromatic nitrogens is 2. The normalized spacial score (nSPS) is 14.9. The van der Waals surface area contributed by atoms with Crippen molar-refractivity contribution in [1.82, 2.24) is 14.7 Å². The Kier molecular flexibility index (Phi) is 5.42. The van der Waals surface area contributed by atoms with Gasteiger partial charge in [0.2, 0.25) is 0 Å². The van der Waals surface area contributed by atoms with Crippen molar-refractivity contribution in [2.24, 2.45) is 0 Å². The number of carbonyl (C=O) groups excluding carboxylic acids is 1. The number of benzene rings is 1. The van der Waals surface area contributed by atoms with Crippen LogP contribution in [-0.2, 0) is 6.54 Å². The van der Waals surface area contributed by atoms with Crippen LogP contribution in [0.4, 0.5) is 4.39 Å². The molecule has 1 aromatic heterocycles. The van der Waals surface area contributed by atoms with Gasteiger partial charge in [0.25, 0.3) is 5.91 Å². The predicted octanol–water partition coefficient (Wildman–Crippen LogP) is 4.44. The Morgan fingerprint density at radius 3 is 2.56 bits per heavy atom. The van der Waals surface area contributed by atoms with Gasteiger partial charge in [0.05, 0.1) is 17.8 Å². The Bertz CT molecular complexity index is 751. The number of halogens is 2. The predicted molar refractivity (Wildman–Crippen MR) is 96.4 cm³/mol. The SMILES string of the molecule is CCN(C(=O)c1c(C)nn(Cc2ccc(F)cc2)c1Cl)C1CCCC1. The van der Waals surface area contributed by atoms with Crippen molar-refractivity contribution in [3.63, 3.8) is 0 Å². The lowest BCUT2D eigenvalue weighted by Crippen LogP contribution is -2.38. The third kappa shape index (κ3) is 3.71. The minimum absolute atomic E-state index is 0.0396. The molecule has 0 atom stereocenters. The molecular weight excluding hydrogens is 341 g/mol. The van der Waals surface area contributed by atoms with E-state index in [1.54, 1.807) is 16.8 Å². The van der Waals surface area contributed by atoms with Gasteiger partial charge in [0.15, 0.2) is 0 Å². The maximum absolute atomic E-state index is 13.1. The molecule has 0 saturated heterocycles. The summed E-state index contributed by atoms with van der Waals surface area (Å²) >= 11 is 6.49. The van der Waals surface area contributed by atoms with Gasteiger partial charge in [-0.25, -0.2) is 9.07 Å². The summed E-state index contributed by atoms with van der Waals surface area (Å²) in [7, 11) is 0. The smallest absolute Gasteiger partial charge is 0.259 e. The van der Waals surface area contributed by atoms with Gasteiger partial charge >= 0.3 is 0 Å². The van der Waals surface area contributed by atoms with Gasteiger partial charge in [-0.15, -0.1) is 0 Å². The van der Waals surface area contributed by atoms with Crippen LogP contribution < -0.4 is 0 Å². The Labute approximate surface area is 152 Å². The lowest BCUT2D eigenvalue weighted by Gasteiger charge is -2.27. The summed E-state index contributed by atoms with van der Waals surface area (Å²) in [6.07, 6.45) is 4.45. The summed E-state index contributed by atoms with van der Waals surface area (Å²) in [5.74, 6) is -0.320. The van der Waals surface area contributed by atoms with Crippen LogP contribution in [0.15, 0.2) is 24.3 Å². The first-order valence-corrected chi connectivity index (χ1v) is 9.17. The summed E-state index contributed by atoms with van der Waals surface area (Å²) < 4.78 is 14.7. The van der Waals surface area contributed by atoms with Crippen molar-refractivity contribution < 1.29 is 9.18 Å². The lowest BCUT2D eigenvalue weighted by atomic mass is 10.1. The van der Waals surface area contributed by atoms with Crippen LogP contribution in [0.3, 0.4) is 0 Å². The Hall–Kier alpha value is -1.88. The second kappa shape index (κ2) is 7.56. The van der Waals surface area contributed by atoms with Crippen LogP contribution in [0.5, 0.6) is 0 Å². The zero-order valence-electron chi connectivity index (χ0n) is 14.6. The molecule has 1 fully saturated rings. The molecule has 0 spiro atoms. The van der Waals surface area contributed by atoms with Crippen LogP contribution in [0.25, 0.3) is 0 Å². The molecule has 0 unspecified atom stereocenters. The average molecular weight is 364 g/mol. The summed E-state index contributed by atoms with van der Waals surface area (Å²) in [5.41, 5.74) is 2.00. The Balaban J connectivity index is 1.85. The first-order chi connectivity index (χ1) is 12.0. The monoisotopic (exact) mass is 363 g/mol. The van der Waals surface area contributed by atoms with E-state index in [-0.39, 0.29) is 11.7 Å². The van der Waals surface area contributed by atoms with Crippen LogP contribution in [0.2, 0.25) is 5.15 Å². The number of hydrogen-bond acceptors (Lipinski definition) is 2. The molecule has 25 heavy (non-hydrogen) atoms. The van der Waals surface area contributed by atoms with Crippen molar-refractivity contribution in [2.45, 2.75) is 52.1 Å². The van der Waals surface area contributed by atoms with E-state index in [0.29, 0.717) is 35.5 Å². The highest BCUT2D eigenvalue weighted by Gasteiger charge is 2.30. The minimum atomic E-state index is -0.280. The summed E-state index contributed by atoms with van der Waals surface area (Å²) in [4.78, 5) is 15.0. The highest BCUT2D eigenvalue weighted by Crippen LogP contribution is 2.28. The van der Waals surface area contributed by atoms with Crippen molar-refractivity contribution in [3.05, 3.63) is 52.1 Å². The van der Waals surface area contributed by atoms with Crippen LogP contribution in [-0.4, -0.2) is 33.2 Å². The molecular formula is C19H23ClFN3O. The third-order valence-electron chi connectivity index (χ3n) is 4.89. The molecule has 1 aliphatic rings. The number of hydrogen-bond donors (Lipinski definition) is 0. The van der Waals surface area contributed by atoms with E-state index in [1.165, 1.54) is 25.0 Å². The molecule has 134 valence electrons. The van der Waals surface area contributed by atoms with Crippen LogP contribution >= 0.6 is 11.6 Å². The van der Waals surface area contributed by atoms with Crippen LogP contribution in [0.1, 0.15) is 54.2 Å². The molecule has 0 radical (unpaired) electrons. The average Bonchev–Trinajstić information content (AvgIpc) is 3.19. The molecule has 1 aromatic carbocycles. The molecule has 0 bridgehead atoms. The first kappa shape index (κ1) is 17.9. The van der Waals surface area contributed by atoms with Gasteiger partial charge in [-0.05, 0) is 44.4 Å². The van der Waals surface area contributed by atoms with Gasteiger partial charge in [-0.1, -0.05) is 36.6 Å². The zero-order valence-corrected chi connectivity index (χ0v) is 15.4. The maximum Gasteiger partial charge on any atom is 0.259 e. The minimum Gasteiger partial charge on any atom is -0.336 e. The van der Waals surface area contributed by atoms with E-state index >= 15 is 0 Å². The maximum atomic E-state index is 13.1. The zero-order chi connectivity index (χ0) is 18.0. The fourth-order valence-corrected chi connectivity index (χ4v) is 3.91. The summed E-state index contributed by atoms with van der Waals surface area (Å²) in [5, 5.41) is 4.79. The standard InChI is InChI=1S/C19H23ClFN3O/c1-3-23(16-6-4-5-7-16)19(25)17-13(2)22-24(18(17)20)12-14-8-10-15(21)11-9-14/h8-11,16H,3-7,12H2,1-2H3. The van der Waals surface area contributed by atoms with Gasteiger partial charge in [-0.3, -0.25) is 4.79 Å². The molecule has 0 aliphatic heterocycles.